The van der Waals surface area contributed by atoms with Crippen LogP contribution >= 0.6 is 11.6 Å². The van der Waals surface area contributed by atoms with Gasteiger partial charge < -0.3 is 4.90 Å². The zero-order valence-electron chi connectivity index (χ0n) is 13.6. The molecule has 1 aliphatic rings. The zero-order valence-corrected chi connectivity index (χ0v) is 14.4. The van der Waals surface area contributed by atoms with Crippen LogP contribution in [0.1, 0.15) is 21.5 Å². The van der Waals surface area contributed by atoms with Gasteiger partial charge in [0.15, 0.2) is 5.78 Å². The van der Waals surface area contributed by atoms with Gasteiger partial charge in [-0.05, 0) is 36.9 Å². The maximum absolute atomic E-state index is 13.2. The molecule has 24 heavy (non-hydrogen) atoms. The summed E-state index contributed by atoms with van der Waals surface area (Å²) in [5.41, 5.74) is 2.01. The molecule has 1 fully saturated rings. The maximum atomic E-state index is 13.2. The van der Waals surface area contributed by atoms with Crippen molar-refractivity contribution in [1.29, 1.82) is 0 Å². The van der Waals surface area contributed by atoms with Crippen molar-refractivity contribution in [2.24, 2.45) is 0 Å². The molecule has 3 rings (SSSR count). The molecule has 2 aromatic rings. The lowest BCUT2D eigenvalue weighted by molar-refractivity contribution is 0.103. The van der Waals surface area contributed by atoms with E-state index in [0.29, 0.717) is 11.1 Å². The van der Waals surface area contributed by atoms with E-state index in [-0.39, 0.29) is 10.8 Å². The highest BCUT2D eigenvalue weighted by Gasteiger charge is 2.16. The second-order valence-corrected chi connectivity index (χ2v) is 6.64. The number of ketones is 1. The molecule has 2 aromatic carbocycles. The van der Waals surface area contributed by atoms with Crippen LogP contribution in [0.2, 0.25) is 5.02 Å². The van der Waals surface area contributed by atoms with E-state index in [1.165, 1.54) is 18.2 Å². The van der Waals surface area contributed by atoms with Gasteiger partial charge in [0.25, 0.3) is 0 Å². The molecule has 0 aromatic heterocycles. The molecule has 0 amide bonds. The summed E-state index contributed by atoms with van der Waals surface area (Å²) < 4.78 is 13.2. The van der Waals surface area contributed by atoms with Crippen LogP contribution in [0.4, 0.5) is 4.39 Å². The fraction of sp³-hybridized carbons (Fsp3) is 0.316. The number of carbonyl (C=O) groups excluding carboxylic acids is 1. The molecule has 0 saturated carbocycles. The maximum Gasteiger partial charge on any atom is 0.194 e. The Labute approximate surface area is 146 Å². The molecular weight excluding hydrogens is 327 g/mol. The number of nitrogens with zero attached hydrogens (tertiary/aromatic N) is 2. The lowest BCUT2D eigenvalue weighted by Gasteiger charge is -2.32. The van der Waals surface area contributed by atoms with E-state index in [9.17, 15) is 9.18 Å². The Bertz CT molecular complexity index is 742. The highest BCUT2D eigenvalue weighted by Crippen LogP contribution is 2.21. The van der Waals surface area contributed by atoms with E-state index in [4.69, 9.17) is 11.6 Å². The average Bonchev–Trinajstić information content (AvgIpc) is 2.57. The Morgan fingerprint density at radius 3 is 2.58 bits per heavy atom. The van der Waals surface area contributed by atoms with Crippen LogP contribution in [0.25, 0.3) is 0 Å². The summed E-state index contributed by atoms with van der Waals surface area (Å²) in [5, 5.41) is 0.143. The van der Waals surface area contributed by atoms with Gasteiger partial charge in [-0.3, -0.25) is 9.69 Å². The van der Waals surface area contributed by atoms with Crippen molar-refractivity contribution in [2.75, 3.05) is 33.2 Å². The molecule has 0 radical (unpaired) electrons. The van der Waals surface area contributed by atoms with Crippen molar-refractivity contribution in [3.63, 3.8) is 0 Å². The number of rotatable bonds is 4. The normalized spacial score (nSPS) is 16.3. The molecule has 0 atom stereocenters. The Morgan fingerprint density at radius 2 is 1.88 bits per heavy atom. The number of hydrogen-bond acceptors (Lipinski definition) is 3. The molecule has 1 heterocycles. The standard InChI is InChI=1S/C19H20ClFN2O/c1-22-7-9-23(10-8-22)13-14-3-2-4-15(11-14)19(24)17-6-5-16(21)12-18(17)20/h2-6,11-12H,7-10,13H2,1H3. The Kier molecular flexibility index (Phi) is 5.29. The largest absolute Gasteiger partial charge is 0.304 e. The summed E-state index contributed by atoms with van der Waals surface area (Å²) in [6.45, 7) is 5.00. The minimum absolute atomic E-state index is 0.143. The number of carbonyl (C=O) groups is 1. The third-order valence-corrected chi connectivity index (χ3v) is 4.68. The van der Waals surface area contributed by atoms with Crippen LogP contribution in [-0.2, 0) is 6.54 Å². The first kappa shape index (κ1) is 17.1. The molecular formula is C19H20ClFN2O. The van der Waals surface area contributed by atoms with Crippen molar-refractivity contribution < 1.29 is 9.18 Å². The predicted molar refractivity (Wildman–Crippen MR) is 94.1 cm³/mol. The zero-order chi connectivity index (χ0) is 17.1. The highest BCUT2D eigenvalue weighted by molar-refractivity contribution is 6.35. The third-order valence-electron chi connectivity index (χ3n) is 4.37. The first-order valence-corrected chi connectivity index (χ1v) is 8.40. The highest BCUT2D eigenvalue weighted by atomic mass is 35.5. The molecule has 0 N–H and O–H groups in total. The Balaban J connectivity index is 1.76. The van der Waals surface area contributed by atoms with Gasteiger partial charge in [-0.1, -0.05) is 29.8 Å². The van der Waals surface area contributed by atoms with Crippen LogP contribution in [0.3, 0.4) is 0 Å². The molecule has 0 aliphatic carbocycles. The van der Waals surface area contributed by atoms with Gasteiger partial charge in [0.05, 0.1) is 5.02 Å². The van der Waals surface area contributed by atoms with Gasteiger partial charge in [0.2, 0.25) is 0 Å². The lowest BCUT2D eigenvalue weighted by atomic mass is 10.0. The second kappa shape index (κ2) is 7.43. The lowest BCUT2D eigenvalue weighted by Crippen LogP contribution is -2.43. The van der Waals surface area contributed by atoms with E-state index in [1.54, 1.807) is 6.07 Å². The minimum atomic E-state index is -0.444. The fourth-order valence-electron chi connectivity index (χ4n) is 2.90. The van der Waals surface area contributed by atoms with E-state index >= 15 is 0 Å². The predicted octanol–water partition coefficient (Wildman–Crippen LogP) is 3.46. The topological polar surface area (TPSA) is 23.6 Å². The van der Waals surface area contributed by atoms with Crippen LogP contribution in [0.5, 0.6) is 0 Å². The van der Waals surface area contributed by atoms with Gasteiger partial charge in [0, 0.05) is 43.9 Å². The number of hydrogen-bond donors (Lipinski definition) is 0. The summed E-state index contributed by atoms with van der Waals surface area (Å²) in [7, 11) is 2.13. The molecule has 126 valence electrons. The summed E-state index contributed by atoms with van der Waals surface area (Å²) in [6, 6.07) is 11.5. The summed E-state index contributed by atoms with van der Waals surface area (Å²) in [5.74, 6) is -0.624. The average molecular weight is 347 g/mol. The monoisotopic (exact) mass is 346 g/mol. The summed E-state index contributed by atoms with van der Waals surface area (Å²) >= 11 is 6.01. The Hall–Kier alpha value is -1.75. The van der Waals surface area contributed by atoms with E-state index < -0.39 is 5.82 Å². The molecule has 1 aliphatic heterocycles. The molecule has 0 bridgehead atoms. The first-order chi connectivity index (χ1) is 11.5. The van der Waals surface area contributed by atoms with Crippen molar-refractivity contribution in [3.8, 4) is 0 Å². The van der Waals surface area contributed by atoms with Crippen LogP contribution in [-0.4, -0.2) is 48.8 Å². The first-order valence-electron chi connectivity index (χ1n) is 8.02. The van der Waals surface area contributed by atoms with Crippen molar-refractivity contribution in [1.82, 2.24) is 9.80 Å². The second-order valence-electron chi connectivity index (χ2n) is 6.23. The van der Waals surface area contributed by atoms with E-state index in [1.807, 2.05) is 18.2 Å². The van der Waals surface area contributed by atoms with Crippen molar-refractivity contribution >= 4 is 17.4 Å². The number of benzene rings is 2. The fourth-order valence-corrected chi connectivity index (χ4v) is 3.16. The SMILES string of the molecule is CN1CCN(Cc2cccc(C(=O)c3ccc(F)cc3Cl)c2)CC1. The molecule has 0 spiro atoms. The van der Waals surface area contributed by atoms with E-state index in [0.717, 1.165) is 38.3 Å². The van der Waals surface area contributed by atoms with Gasteiger partial charge in [-0.25, -0.2) is 4.39 Å². The van der Waals surface area contributed by atoms with Gasteiger partial charge >= 0.3 is 0 Å². The number of piperazine rings is 1. The third kappa shape index (κ3) is 4.01. The van der Waals surface area contributed by atoms with Crippen LogP contribution < -0.4 is 0 Å². The van der Waals surface area contributed by atoms with Crippen LogP contribution in [0.15, 0.2) is 42.5 Å². The summed E-state index contributed by atoms with van der Waals surface area (Å²) in [4.78, 5) is 17.3. The van der Waals surface area contributed by atoms with Crippen molar-refractivity contribution in [3.05, 3.63) is 70.0 Å². The smallest absolute Gasteiger partial charge is 0.194 e. The summed E-state index contributed by atoms with van der Waals surface area (Å²) in [6.07, 6.45) is 0. The van der Waals surface area contributed by atoms with Gasteiger partial charge in [0.1, 0.15) is 5.82 Å². The number of likely N-dealkylation sites (N-methyl/N-ethyl adjacent to an activating group) is 1. The minimum Gasteiger partial charge on any atom is -0.304 e. The van der Waals surface area contributed by atoms with Crippen LogP contribution in [0, 0.1) is 5.82 Å². The van der Waals surface area contributed by atoms with E-state index in [2.05, 4.69) is 16.8 Å². The van der Waals surface area contributed by atoms with Gasteiger partial charge in [-0.15, -0.1) is 0 Å². The number of halogens is 2. The molecule has 1 saturated heterocycles. The quantitative estimate of drug-likeness (QED) is 0.792. The van der Waals surface area contributed by atoms with Crippen molar-refractivity contribution in [2.45, 2.75) is 6.54 Å². The molecule has 5 heteroatoms. The van der Waals surface area contributed by atoms with Gasteiger partial charge in [-0.2, -0.15) is 0 Å². The molecule has 0 unspecified atom stereocenters. The molecule has 3 nitrogen and oxygen atoms in total. The Morgan fingerprint density at radius 1 is 1.12 bits per heavy atom.